The minimum Gasteiger partial charge on any atom is -0.438 e. The zero-order valence-corrected chi connectivity index (χ0v) is 13.0. The predicted molar refractivity (Wildman–Crippen MR) is 78.4 cm³/mol. The van der Waals surface area contributed by atoms with Crippen molar-refractivity contribution in [2.24, 2.45) is 0 Å². The van der Waals surface area contributed by atoms with Crippen LogP contribution in [0.15, 0.2) is 15.3 Å². The molecule has 0 aliphatic heterocycles. The summed E-state index contributed by atoms with van der Waals surface area (Å²) in [4.78, 5) is 18.2. The number of hydrogen-bond acceptors (Lipinski definition) is 6. The normalized spacial score (nSPS) is 17.5. The summed E-state index contributed by atoms with van der Waals surface area (Å²) in [5.41, 5.74) is 2.68. The van der Waals surface area contributed by atoms with Gasteiger partial charge >= 0.3 is 0 Å². The molecule has 0 saturated heterocycles. The summed E-state index contributed by atoms with van der Waals surface area (Å²) in [5, 5.41) is 7.18. The van der Waals surface area contributed by atoms with E-state index in [-0.39, 0.29) is 17.7 Å². The van der Waals surface area contributed by atoms with Crippen LogP contribution in [0.2, 0.25) is 0 Å². The van der Waals surface area contributed by atoms with Gasteiger partial charge in [0.2, 0.25) is 5.76 Å². The van der Waals surface area contributed by atoms with Gasteiger partial charge in [-0.1, -0.05) is 5.16 Å². The van der Waals surface area contributed by atoms with Crippen molar-refractivity contribution in [3.05, 3.63) is 34.9 Å². The highest BCUT2D eigenvalue weighted by molar-refractivity contribution is 5.92. The average Bonchev–Trinajstić information content (AvgIpc) is 3.05. The monoisotopic (exact) mass is 304 g/mol. The van der Waals surface area contributed by atoms with Gasteiger partial charge < -0.3 is 19.2 Å². The van der Waals surface area contributed by atoms with Crippen molar-refractivity contribution in [3.8, 4) is 0 Å². The summed E-state index contributed by atoms with van der Waals surface area (Å²) < 4.78 is 10.6. The van der Waals surface area contributed by atoms with Crippen molar-refractivity contribution in [3.63, 3.8) is 0 Å². The molecule has 2 aromatic heterocycles. The lowest BCUT2D eigenvalue weighted by molar-refractivity contribution is 0.0903. The van der Waals surface area contributed by atoms with Crippen molar-refractivity contribution >= 4 is 5.91 Å². The smallest absolute Gasteiger partial charge is 0.289 e. The lowest BCUT2D eigenvalue weighted by atomic mass is 9.92. The van der Waals surface area contributed by atoms with Crippen LogP contribution in [0.3, 0.4) is 0 Å². The molecule has 0 fully saturated rings. The van der Waals surface area contributed by atoms with E-state index in [1.165, 1.54) is 6.39 Å². The Bertz CT molecular complexity index is 674. The predicted octanol–water partition coefficient (Wildman–Crippen LogP) is 1.32. The molecule has 0 spiro atoms. The lowest BCUT2D eigenvalue weighted by Gasteiger charge is -2.22. The van der Waals surface area contributed by atoms with Crippen molar-refractivity contribution in [1.82, 2.24) is 20.4 Å². The molecule has 1 atom stereocenters. The molecular weight excluding hydrogens is 284 g/mol. The van der Waals surface area contributed by atoms with Crippen LogP contribution in [0.5, 0.6) is 0 Å². The van der Waals surface area contributed by atoms with Gasteiger partial charge in [0, 0.05) is 24.6 Å². The average molecular weight is 304 g/mol. The molecule has 2 aromatic rings. The van der Waals surface area contributed by atoms with Gasteiger partial charge in [0.1, 0.15) is 11.5 Å². The number of rotatable bonds is 4. The summed E-state index contributed by atoms with van der Waals surface area (Å²) in [6, 6.07) is 0.0600. The maximum absolute atomic E-state index is 12.2. The number of aromatic nitrogens is 2. The van der Waals surface area contributed by atoms with Gasteiger partial charge in [-0.2, -0.15) is 0 Å². The molecule has 0 saturated carbocycles. The third kappa shape index (κ3) is 2.89. The Morgan fingerprint density at radius 1 is 1.50 bits per heavy atom. The number of carbonyl (C=O) groups excluding carboxylic acids is 1. The zero-order valence-electron chi connectivity index (χ0n) is 13.0. The Labute approximate surface area is 128 Å². The highest BCUT2D eigenvalue weighted by Crippen LogP contribution is 2.25. The molecule has 1 aliphatic rings. The van der Waals surface area contributed by atoms with Gasteiger partial charge in [-0.15, -0.1) is 0 Å². The van der Waals surface area contributed by atoms with Crippen LogP contribution < -0.4 is 5.32 Å². The topological polar surface area (TPSA) is 84.4 Å². The fourth-order valence-corrected chi connectivity index (χ4v) is 2.78. The number of carbonyl (C=O) groups is 1. The molecule has 1 aliphatic carbocycles. The lowest BCUT2D eigenvalue weighted by Crippen LogP contribution is -2.39. The quantitative estimate of drug-likeness (QED) is 0.917. The van der Waals surface area contributed by atoms with Crippen LogP contribution in [0.4, 0.5) is 0 Å². The second-order valence-corrected chi connectivity index (χ2v) is 5.95. The molecule has 2 heterocycles. The summed E-state index contributed by atoms with van der Waals surface area (Å²) in [5.74, 6) is 1.01. The molecule has 1 amide bonds. The number of nitrogens with zero attached hydrogens (tertiary/aromatic N) is 3. The molecule has 118 valence electrons. The van der Waals surface area contributed by atoms with Crippen molar-refractivity contribution in [2.45, 2.75) is 38.8 Å². The summed E-state index contributed by atoms with van der Waals surface area (Å²) in [7, 11) is 3.99. The molecule has 0 radical (unpaired) electrons. The maximum Gasteiger partial charge on any atom is 0.289 e. The fraction of sp³-hybridized carbons (Fsp3) is 0.533. The molecule has 0 bridgehead atoms. The first-order chi connectivity index (χ1) is 10.5. The van der Waals surface area contributed by atoms with Gasteiger partial charge in [0.25, 0.3) is 5.91 Å². The minimum absolute atomic E-state index is 0.0600. The Hall–Kier alpha value is -2.15. The van der Waals surface area contributed by atoms with Crippen LogP contribution in [0.1, 0.15) is 39.7 Å². The maximum atomic E-state index is 12.2. The van der Waals surface area contributed by atoms with E-state index < -0.39 is 0 Å². The molecule has 1 N–H and O–H groups in total. The minimum atomic E-state index is -0.214. The van der Waals surface area contributed by atoms with Crippen molar-refractivity contribution in [1.29, 1.82) is 0 Å². The molecular formula is C15H20N4O3. The van der Waals surface area contributed by atoms with E-state index in [0.717, 1.165) is 42.8 Å². The van der Waals surface area contributed by atoms with Crippen LogP contribution >= 0.6 is 0 Å². The second kappa shape index (κ2) is 5.92. The Morgan fingerprint density at radius 3 is 3.00 bits per heavy atom. The van der Waals surface area contributed by atoms with E-state index in [1.807, 2.05) is 14.1 Å². The highest BCUT2D eigenvalue weighted by Gasteiger charge is 2.28. The Balaban J connectivity index is 1.70. The van der Waals surface area contributed by atoms with E-state index in [9.17, 15) is 4.79 Å². The Kier molecular flexibility index (Phi) is 3.98. The van der Waals surface area contributed by atoms with E-state index >= 15 is 0 Å². The number of oxazole rings is 1. The molecule has 22 heavy (non-hydrogen) atoms. The standard InChI is InChI=1S/C15H20N4O3/c1-9-14(21-8-16-9)15(20)17-10-4-5-13-11(6-10)12(18-22-13)7-19(2)3/h8,10H,4-7H2,1-3H3,(H,17,20). The third-order valence-corrected chi connectivity index (χ3v) is 3.87. The number of fused-ring (bicyclic) bond motifs is 1. The van der Waals surface area contributed by atoms with Crippen LogP contribution in [-0.2, 0) is 19.4 Å². The second-order valence-electron chi connectivity index (χ2n) is 5.95. The van der Waals surface area contributed by atoms with E-state index in [4.69, 9.17) is 8.94 Å². The van der Waals surface area contributed by atoms with Crippen molar-refractivity contribution < 1.29 is 13.7 Å². The molecule has 3 rings (SSSR count). The first kappa shape index (κ1) is 14.8. The van der Waals surface area contributed by atoms with Crippen LogP contribution in [0.25, 0.3) is 0 Å². The van der Waals surface area contributed by atoms with Gasteiger partial charge in [-0.25, -0.2) is 4.98 Å². The summed E-state index contributed by atoms with van der Waals surface area (Å²) in [6.45, 7) is 2.49. The SMILES string of the molecule is Cc1ncoc1C(=O)NC1CCc2onc(CN(C)C)c2C1. The van der Waals surface area contributed by atoms with Gasteiger partial charge in [0.05, 0.1) is 5.69 Å². The first-order valence-electron chi connectivity index (χ1n) is 7.36. The highest BCUT2D eigenvalue weighted by atomic mass is 16.5. The van der Waals surface area contributed by atoms with Gasteiger partial charge in [-0.3, -0.25) is 4.79 Å². The van der Waals surface area contributed by atoms with Crippen molar-refractivity contribution in [2.75, 3.05) is 14.1 Å². The Morgan fingerprint density at radius 2 is 2.32 bits per heavy atom. The van der Waals surface area contributed by atoms with E-state index in [0.29, 0.717) is 5.69 Å². The van der Waals surface area contributed by atoms with Crippen LogP contribution in [0, 0.1) is 6.92 Å². The number of hydrogen-bond donors (Lipinski definition) is 1. The largest absolute Gasteiger partial charge is 0.438 e. The third-order valence-electron chi connectivity index (χ3n) is 3.87. The van der Waals surface area contributed by atoms with Gasteiger partial charge in [0.15, 0.2) is 6.39 Å². The first-order valence-corrected chi connectivity index (χ1v) is 7.36. The molecule has 7 nitrogen and oxygen atoms in total. The van der Waals surface area contributed by atoms with E-state index in [2.05, 4.69) is 20.4 Å². The number of aryl methyl sites for hydroxylation is 2. The number of amides is 1. The molecule has 0 aromatic carbocycles. The molecule has 7 heteroatoms. The van der Waals surface area contributed by atoms with Crippen LogP contribution in [-0.4, -0.2) is 41.1 Å². The van der Waals surface area contributed by atoms with Gasteiger partial charge in [-0.05, 0) is 33.9 Å². The summed E-state index contributed by atoms with van der Waals surface area (Å²) in [6.07, 6.45) is 3.65. The fourth-order valence-electron chi connectivity index (χ4n) is 2.78. The summed E-state index contributed by atoms with van der Waals surface area (Å²) >= 11 is 0. The van der Waals surface area contributed by atoms with E-state index in [1.54, 1.807) is 6.92 Å². The molecule has 1 unspecified atom stereocenters. The zero-order chi connectivity index (χ0) is 15.7. The number of nitrogens with one attached hydrogen (secondary N) is 1.